The molecule has 0 aliphatic rings. The third-order valence-corrected chi connectivity index (χ3v) is 3.51. The van der Waals surface area contributed by atoms with Crippen LogP contribution in [0.2, 0.25) is 5.02 Å². The zero-order valence-electron chi connectivity index (χ0n) is 13.2. The van der Waals surface area contributed by atoms with Gasteiger partial charge in [0.05, 0.1) is 5.69 Å². The molecule has 1 atom stereocenters. The number of hydrogen-bond donors (Lipinski definition) is 1. The Morgan fingerprint density at radius 2 is 2.00 bits per heavy atom. The monoisotopic (exact) mass is 334 g/mol. The molecule has 0 unspecified atom stereocenters. The third kappa shape index (κ3) is 4.60. The molecule has 5 nitrogen and oxygen atoms in total. The van der Waals surface area contributed by atoms with E-state index >= 15 is 0 Å². The lowest BCUT2D eigenvalue weighted by Gasteiger charge is -2.22. The van der Waals surface area contributed by atoms with Crippen molar-refractivity contribution in [2.24, 2.45) is 13.0 Å². The fourth-order valence-corrected chi connectivity index (χ4v) is 2.24. The average Bonchev–Trinajstić information content (AvgIpc) is 2.48. The molecule has 0 saturated heterocycles. The average molecular weight is 335 g/mol. The Hall–Kier alpha value is -2.27. The number of pyridine rings is 1. The van der Waals surface area contributed by atoms with Crippen LogP contribution >= 0.6 is 11.6 Å². The number of aryl methyl sites for hydroxylation is 1. The molecular formula is C17H19ClN2O3. The predicted octanol–water partition coefficient (Wildman–Crippen LogP) is 3.08. The van der Waals surface area contributed by atoms with Gasteiger partial charge in [0.25, 0.3) is 5.91 Å². The van der Waals surface area contributed by atoms with E-state index in [9.17, 15) is 9.59 Å². The number of ether oxygens (including phenoxy) is 1. The van der Waals surface area contributed by atoms with E-state index in [4.69, 9.17) is 16.3 Å². The first-order valence-corrected chi connectivity index (χ1v) is 7.64. The number of carbonyl (C=O) groups excluding carboxylic acids is 1. The summed E-state index contributed by atoms with van der Waals surface area (Å²) in [7, 11) is 1.63. The second-order valence-corrected chi connectivity index (χ2v) is 6.03. The van der Waals surface area contributed by atoms with Crippen molar-refractivity contribution in [1.82, 2.24) is 4.57 Å². The zero-order chi connectivity index (χ0) is 17.0. The highest BCUT2D eigenvalue weighted by molar-refractivity contribution is 6.30. The van der Waals surface area contributed by atoms with Crippen molar-refractivity contribution in [3.63, 3.8) is 0 Å². The molecule has 0 aliphatic carbocycles. The molecule has 0 spiro atoms. The Balaban J connectivity index is 2.15. The number of amides is 1. The maximum atomic E-state index is 12.5. The van der Waals surface area contributed by atoms with E-state index < -0.39 is 6.10 Å². The first kappa shape index (κ1) is 17.1. The Bertz CT molecular complexity index is 755. The summed E-state index contributed by atoms with van der Waals surface area (Å²) in [6.07, 6.45) is 0.891. The van der Waals surface area contributed by atoms with Crippen LogP contribution < -0.4 is 15.6 Å². The molecule has 23 heavy (non-hydrogen) atoms. The SMILES string of the molecule is CC(C)[C@@H](Oc1cccc(Cl)c1)C(=O)Nc1ccc(=O)n(C)c1. The van der Waals surface area contributed by atoms with E-state index in [1.54, 1.807) is 43.6 Å². The van der Waals surface area contributed by atoms with Gasteiger partial charge in [-0.05, 0) is 30.2 Å². The molecule has 0 fully saturated rings. The minimum Gasteiger partial charge on any atom is -0.480 e. The summed E-state index contributed by atoms with van der Waals surface area (Å²) in [5.41, 5.74) is 0.399. The molecular weight excluding hydrogens is 316 g/mol. The van der Waals surface area contributed by atoms with Crippen LogP contribution in [0.1, 0.15) is 13.8 Å². The van der Waals surface area contributed by atoms with Gasteiger partial charge in [0, 0.05) is 24.3 Å². The molecule has 6 heteroatoms. The predicted molar refractivity (Wildman–Crippen MR) is 91.0 cm³/mol. The van der Waals surface area contributed by atoms with E-state index in [-0.39, 0.29) is 17.4 Å². The number of rotatable bonds is 5. The number of halogens is 1. The van der Waals surface area contributed by atoms with Gasteiger partial charge in [-0.3, -0.25) is 9.59 Å². The van der Waals surface area contributed by atoms with Crippen LogP contribution in [0.15, 0.2) is 47.4 Å². The largest absolute Gasteiger partial charge is 0.480 e. The van der Waals surface area contributed by atoms with Crippen LogP contribution in [-0.4, -0.2) is 16.6 Å². The summed E-state index contributed by atoms with van der Waals surface area (Å²) < 4.78 is 7.18. The fourth-order valence-electron chi connectivity index (χ4n) is 2.06. The lowest BCUT2D eigenvalue weighted by molar-refractivity contribution is -0.124. The molecule has 1 amide bonds. The first-order valence-electron chi connectivity index (χ1n) is 7.26. The molecule has 1 heterocycles. The van der Waals surface area contributed by atoms with Gasteiger partial charge in [-0.25, -0.2) is 0 Å². The van der Waals surface area contributed by atoms with Crippen molar-refractivity contribution in [3.05, 3.63) is 58.0 Å². The van der Waals surface area contributed by atoms with Gasteiger partial charge >= 0.3 is 0 Å². The number of benzene rings is 1. The first-order chi connectivity index (χ1) is 10.9. The molecule has 0 radical (unpaired) electrons. The molecule has 2 aromatic rings. The maximum absolute atomic E-state index is 12.5. The van der Waals surface area contributed by atoms with Crippen molar-refractivity contribution < 1.29 is 9.53 Å². The number of aromatic nitrogens is 1. The number of nitrogens with one attached hydrogen (secondary N) is 1. The highest BCUT2D eigenvalue weighted by Gasteiger charge is 2.24. The smallest absolute Gasteiger partial charge is 0.265 e. The van der Waals surface area contributed by atoms with E-state index in [1.807, 2.05) is 13.8 Å². The van der Waals surface area contributed by atoms with Gasteiger partial charge in [-0.1, -0.05) is 31.5 Å². The van der Waals surface area contributed by atoms with Crippen molar-refractivity contribution >= 4 is 23.2 Å². The van der Waals surface area contributed by atoms with Crippen LogP contribution in [0.25, 0.3) is 0 Å². The van der Waals surface area contributed by atoms with Gasteiger partial charge in [0.1, 0.15) is 5.75 Å². The highest BCUT2D eigenvalue weighted by atomic mass is 35.5. The fraction of sp³-hybridized carbons (Fsp3) is 0.294. The van der Waals surface area contributed by atoms with E-state index in [1.165, 1.54) is 10.6 Å². The van der Waals surface area contributed by atoms with E-state index in [2.05, 4.69) is 5.32 Å². The summed E-state index contributed by atoms with van der Waals surface area (Å²) in [6.45, 7) is 3.80. The highest BCUT2D eigenvalue weighted by Crippen LogP contribution is 2.21. The lowest BCUT2D eigenvalue weighted by Crippen LogP contribution is -2.37. The number of hydrogen-bond acceptors (Lipinski definition) is 3. The Labute approximate surface area is 139 Å². The van der Waals surface area contributed by atoms with Gasteiger partial charge in [0.15, 0.2) is 6.10 Å². The van der Waals surface area contributed by atoms with Crippen molar-refractivity contribution in [2.75, 3.05) is 5.32 Å². The normalized spacial score (nSPS) is 12.0. The molecule has 0 saturated carbocycles. The van der Waals surface area contributed by atoms with Crippen molar-refractivity contribution in [2.45, 2.75) is 20.0 Å². The van der Waals surface area contributed by atoms with Crippen LogP contribution in [0.5, 0.6) is 5.75 Å². The van der Waals surface area contributed by atoms with Crippen LogP contribution in [-0.2, 0) is 11.8 Å². The van der Waals surface area contributed by atoms with Crippen molar-refractivity contribution in [1.29, 1.82) is 0 Å². The molecule has 2 rings (SSSR count). The molecule has 1 aromatic carbocycles. The quantitative estimate of drug-likeness (QED) is 0.914. The van der Waals surface area contributed by atoms with Crippen molar-refractivity contribution in [3.8, 4) is 5.75 Å². The van der Waals surface area contributed by atoms with Crippen LogP contribution in [0.3, 0.4) is 0 Å². The molecule has 1 aromatic heterocycles. The minimum atomic E-state index is -0.675. The Kier molecular flexibility index (Phi) is 5.45. The second-order valence-electron chi connectivity index (χ2n) is 5.60. The van der Waals surface area contributed by atoms with Gasteiger partial charge in [-0.15, -0.1) is 0 Å². The topological polar surface area (TPSA) is 60.3 Å². The summed E-state index contributed by atoms with van der Waals surface area (Å²) in [6, 6.07) is 9.88. The molecule has 1 N–H and O–H groups in total. The summed E-state index contributed by atoms with van der Waals surface area (Å²) in [5, 5.41) is 3.31. The third-order valence-electron chi connectivity index (χ3n) is 3.28. The van der Waals surface area contributed by atoms with E-state index in [0.29, 0.717) is 16.5 Å². The van der Waals surface area contributed by atoms with Gasteiger partial charge < -0.3 is 14.6 Å². The summed E-state index contributed by atoms with van der Waals surface area (Å²) in [4.78, 5) is 23.9. The standard InChI is InChI=1S/C17H19ClN2O3/c1-11(2)16(23-14-6-4-5-12(18)9-14)17(22)19-13-7-8-15(21)20(3)10-13/h4-11,16H,1-3H3,(H,19,22)/t16-/m1/s1. The molecule has 0 bridgehead atoms. The number of carbonyl (C=O) groups is 1. The summed E-state index contributed by atoms with van der Waals surface area (Å²) >= 11 is 5.94. The Morgan fingerprint density at radius 3 is 2.61 bits per heavy atom. The molecule has 0 aliphatic heterocycles. The van der Waals surface area contributed by atoms with Crippen LogP contribution in [0.4, 0.5) is 5.69 Å². The van der Waals surface area contributed by atoms with Gasteiger partial charge in [0.2, 0.25) is 5.56 Å². The van der Waals surface area contributed by atoms with E-state index in [0.717, 1.165) is 0 Å². The molecule has 122 valence electrons. The second kappa shape index (κ2) is 7.33. The Morgan fingerprint density at radius 1 is 1.26 bits per heavy atom. The number of nitrogens with zero attached hydrogens (tertiary/aromatic N) is 1. The van der Waals surface area contributed by atoms with Gasteiger partial charge in [-0.2, -0.15) is 0 Å². The van der Waals surface area contributed by atoms with Crippen LogP contribution in [0, 0.1) is 5.92 Å². The summed E-state index contributed by atoms with van der Waals surface area (Å²) in [5.74, 6) is 0.215. The zero-order valence-corrected chi connectivity index (χ0v) is 14.0. The minimum absolute atomic E-state index is 0.0403. The maximum Gasteiger partial charge on any atom is 0.265 e. The number of anilines is 1. The lowest BCUT2D eigenvalue weighted by atomic mass is 10.1.